The predicted molar refractivity (Wildman–Crippen MR) is 81.5 cm³/mol. The van der Waals surface area contributed by atoms with E-state index in [1.807, 2.05) is 41.1 Å². The second-order valence-corrected chi connectivity index (χ2v) is 5.61. The fourth-order valence-corrected chi connectivity index (χ4v) is 2.90. The molecule has 3 aromatic rings. The summed E-state index contributed by atoms with van der Waals surface area (Å²) in [7, 11) is 0. The maximum atomic E-state index is 11.2. The minimum Gasteiger partial charge on any atom is -0.298 e. The highest BCUT2D eigenvalue weighted by Gasteiger charge is 2.11. The van der Waals surface area contributed by atoms with Gasteiger partial charge in [0.15, 0.2) is 6.29 Å². The standard InChI is InChI=1S/C15H11ClN2OS/c16-14-3-1-2-11(6-14)7-18-8-13(9-19)15(17-18)12-4-5-20-10-12/h1-6,8-10H,7H2. The average Bonchev–Trinajstić information content (AvgIpc) is 3.06. The van der Waals surface area contributed by atoms with E-state index in [4.69, 9.17) is 11.6 Å². The van der Waals surface area contributed by atoms with E-state index in [1.54, 1.807) is 22.2 Å². The molecule has 20 heavy (non-hydrogen) atoms. The molecular formula is C15H11ClN2OS. The quantitative estimate of drug-likeness (QED) is 0.679. The van der Waals surface area contributed by atoms with E-state index in [1.165, 1.54) is 0 Å². The Morgan fingerprint density at radius 3 is 2.95 bits per heavy atom. The molecule has 100 valence electrons. The molecule has 0 radical (unpaired) electrons. The lowest BCUT2D eigenvalue weighted by Crippen LogP contribution is -2.00. The molecule has 2 heterocycles. The Morgan fingerprint density at radius 1 is 1.35 bits per heavy atom. The summed E-state index contributed by atoms with van der Waals surface area (Å²) in [6, 6.07) is 9.58. The van der Waals surface area contributed by atoms with Crippen molar-refractivity contribution in [3.8, 4) is 11.3 Å². The van der Waals surface area contributed by atoms with Crippen LogP contribution >= 0.6 is 22.9 Å². The first-order chi connectivity index (χ1) is 9.76. The van der Waals surface area contributed by atoms with E-state index in [-0.39, 0.29) is 0 Å². The zero-order chi connectivity index (χ0) is 13.9. The molecule has 0 unspecified atom stereocenters. The van der Waals surface area contributed by atoms with Crippen LogP contribution in [0.15, 0.2) is 47.3 Å². The van der Waals surface area contributed by atoms with Gasteiger partial charge in [0.05, 0.1) is 12.1 Å². The number of benzene rings is 1. The molecule has 3 nitrogen and oxygen atoms in total. The van der Waals surface area contributed by atoms with E-state index in [9.17, 15) is 4.79 Å². The van der Waals surface area contributed by atoms with Gasteiger partial charge in [0.1, 0.15) is 5.69 Å². The Morgan fingerprint density at radius 2 is 2.25 bits per heavy atom. The van der Waals surface area contributed by atoms with Crippen LogP contribution in [0.25, 0.3) is 11.3 Å². The van der Waals surface area contributed by atoms with Gasteiger partial charge in [-0.05, 0) is 29.1 Å². The summed E-state index contributed by atoms with van der Waals surface area (Å²) in [5, 5.41) is 9.15. The van der Waals surface area contributed by atoms with Gasteiger partial charge in [-0.2, -0.15) is 16.4 Å². The molecule has 2 aromatic heterocycles. The number of carbonyl (C=O) groups excluding carboxylic acids is 1. The molecule has 0 N–H and O–H groups in total. The van der Waals surface area contributed by atoms with E-state index < -0.39 is 0 Å². The first-order valence-corrected chi connectivity index (χ1v) is 7.38. The Bertz CT molecular complexity index is 734. The Labute approximate surface area is 125 Å². The fraction of sp³-hybridized carbons (Fsp3) is 0.0667. The van der Waals surface area contributed by atoms with Crippen molar-refractivity contribution in [2.75, 3.05) is 0 Å². The van der Waals surface area contributed by atoms with Crippen LogP contribution in [0.2, 0.25) is 5.02 Å². The number of carbonyl (C=O) groups is 1. The van der Waals surface area contributed by atoms with Gasteiger partial charge in [0.25, 0.3) is 0 Å². The van der Waals surface area contributed by atoms with Crippen LogP contribution in [0.1, 0.15) is 15.9 Å². The molecule has 0 saturated heterocycles. The van der Waals surface area contributed by atoms with Crippen LogP contribution in [-0.2, 0) is 6.54 Å². The summed E-state index contributed by atoms with van der Waals surface area (Å²) in [5.74, 6) is 0. The number of hydrogen-bond donors (Lipinski definition) is 0. The SMILES string of the molecule is O=Cc1cn(Cc2cccc(Cl)c2)nc1-c1ccsc1. The summed E-state index contributed by atoms with van der Waals surface area (Å²) in [6.07, 6.45) is 2.61. The lowest BCUT2D eigenvalue weighted by atomic mass is 10.2. The highest BCUT2D eigenvalue weighted by molar-refractivity contribution is 7.08. The minimum absolute atomic E-state index is 0.589. The number of hydrogen-bond acceptors (Lipinski definition) is 3. The van der Waals surface area contributed by atoms with E-state index in [0.29, 0.717) is 17.1 Å². The molecule has 0 aliphatic heterocycles. The second-order valence-electron chi connectivity index (χ2n) is 4.39. The molecule has 0 saturated carbocycles. The van der Waals surface area contributed by atoms with Crippen molar-refractivity contribution in [3.63, 3.8) is 0 Å². The monoisotopic (exact) mass is 302 g/mol. The van der Waals surface area contributed by atoms with Gasteiger partial charge < -0.3 is 0 Å². The predicted octanol–water partition coefficient (Wildman–Crippen LogP) is 4.13. The first kappa shape index (κ1) is 13.1. The number of halogens is 1. The van der Waals surface area contributed by atoms with Gasteiger partial charge in [-0.25, -0.2) is 0 Å². The number of aldehydes is 1. The van der Waals surface area contributed by atoms with Crippen LogP contribution in [-0.4, -0.2) is 16.1 Å². The van der Waals surface area contributed by atoms with Crippen molar-refractivity contribution >= 4 is 29.2 Å². The van der Waals surface area contributed by atoms with Crippen LogP contribution < -0.4 is 0 Å². The molecule has 0 atom stereocenters. The van der Waals surface area contributed by atoms with E-state index >= 15 is 0 Å². The van der Waals surface area contributed by atoms with Crippen molar-refractivity contribution < 1.29 is 4.79 Å². The van der Waals surface area contributed by atoms with Crippen molar-refractivity contribution in [1.29, 1.82) is 0 Å². The van der Waals surface area contributed by atoms with Crippen LogP contribution in [0, 0.1) is 0 Å². The summed E-state index contributed by atoms with van der Waals surface area (Å²) < 4.78 is 1.77. The summed E-state index contributed by atoms with van der Waals surface area (Å²) in [4.78, 5) is 11.2. The molecule has 3 rings (SSSR count). The lowest BCUT2D eigenvalue weighted by molar-refractivity contribution is 0.112. The van der Waals surface area contributed by atoms with Gasteiger partial charge in [-0.15, -0.1) is 0 Å². The average molecular weight is 303 g/mol. The fourth-order valence-electron chi connectivity index (χ4n) is 2.05. The molecule has 0 fully saturated rings. The lowest BCUT2D eigenvalue weighted by Gasteiger charge is -2.02. The van der Waals surface area contributed by atoms with E-state index in [0.717, 1.165) is 23.1 Å². The number of aromatic nitrogens is 2. The zero-order valence-electron chi connectivity index (χ0n) is 10.5. The molecule has 5 heteroatoms. The van der Waals surface area contributed by atoms with Crippen LogP contribution in [0.3, 0.4) is 0 Å². The normalized spacial score (nSPS) is 10.7. The molecule has 0 aliphatic rings. The molecule has 1 aromatic carbocycles. The molecule has 0 amide bonds. The third-order valence-electron chi connectivity index (χ3n) is 2.95. The van der Waals surface area contributed by atoms with Gasteiger partial charge in [0, 0.05) is 22.2 Å². The van der Waals surface area contributed by atoms with Crippen molar-refractivity contribution in [2.24, 2.45) is 0 Å². The van der Waals surface area contributed by atoms with Crippen molar-refractivity contribution in [1.82, 2.24) is 9.78 Å². The second kappa shape index (κ2) is 5.61. The molecular weight excluding hydrogens is 292 g/mol. The minimum atomic E-state index is 0.589. The number of nitrogens with zero attached hydrogens (tertiary/aromatic N) is 2. The third kappa shape index (κ3) is 2.66. The van der Waals surface area contributed by atoms with Crippen molar-refractivity contribution in [3.05, 3.63) is 63.4 Å². The number of rotatable bonds is 4. The maximum Gasteiger partial charge on any atom is 0.153 e. The highest BCUT2D eigenvalue weighted by atomic mass is 35.5. The topological polar surface area (TPSA) is 34.9 Å². The smallest absolute Gasteiger partial charge is 0.153 e. The first-order valence-electron chi connectivity index (χ1n) is 6.06. The van der Waals surface area contributed by atoms with Gasteiger partial charge in [0.2, 0.25) is 0 Å². The Hall–Kier alpha value is -1.91. The van der Waals surface area contributed by atoms with Crippen LogP contribution in [0.4, 0.5) is 0 Å². The highest BCUT2D eigenvalue weighted by Crippen LogP contribution is 2.23. The summed E-state index contributed by atoms with van der Waals surface area (Å²) in [5.41, 5.74) is 3.35. The summed E-state index contributed by atoms with van der Waals surface area (Å²) in [6.45, 7) is 0.589. The summed E-state index contributed by atoms with van der Waals surface area (Å²) >= 11 is 7.56. The van der Waals surface area contributed by atoms with Gasteiger partial charge in [-0.3, -0.25) is 9.48 Å². The molecule has 0 aliphatic carbocycles. The number of thiophene rings is 1. The third-order valence-corrected chi connectivity index (χ3v) is 3.86. The molecule has 0 spiro atoms. The van der Waals surface area contributed by atoms with E-state index in [2.05, 4.69) is 5.10 Å². The van der Waals surface area contributed by atoms with Gasteiger partial charge >= 0.3 is 0 Å². The maximum absolute atomic E-state index is 11.2. The zero-order valence-corrected chi connectivity index (χ0v) is 12.1. The largest absolute Gasteiger partial charge is 0.298 e. The Balaban J connectivity index is 1.93. The van der Waals surface area contributed by atoms with Crippen molar-refractivity contribution in [2.45, 2.75) is 6.54 Å². The molecule has 0 bridgehead atoms. The Kier molecular flexibility index (Phi) is 3.67. The van der Waals surface area contributed by atoms with Crippen LogP contribution in [0.5, 0.6) is 0 Å². The van der Waals surface area contributed by atoms with Gasteiger partial charge in [-0.1, -0.05) is 23.7 Å².